The molecule has 3 heterocycles. The number of rotatable bonds is 1. The SMILES string of the molecule is O=C1OCC(N2CCC3(CCN(C(=O)O)CC3)C2=O)=C1Br. The van der Waals surface area contributed by atoms with Crippen molar-refractivity contribution in [1.29, 1.82) is 0 Å². The number of likely N-dealkylation sites (tertiary alicyclic amines) is 2. The minimum absolute atomic E-state index is 0.0159. The van der Waals surface area contributed by atoms with Gasteiger partial charge in [0.05, 0.1) is 11.1 Å². The van der Waals surface area contributed by atoms with Gasteiger partial charge in [0.2, 0.25) is 5.91 Å². The molecule has 8 heteroatoms. The molecule has 2 fully saturated rings. The Hall–Kier alpha value is -1.57. The number of hydrogen-bond donors (Lipinski definition) is 1. The van der Waals surface area contributed by atoms with Crippen molar-refractivity contribution in [2.45, 2.75) is 19.3 Å². The minimum Gasteiger partial charge on any atom is -0.465 e. The normalized spacial score (nSPS) is 25.0. The van der Waals surface area contributed by atoms with E-state index in [4.69, 9.17) is 9.84 Å². The van der Waals surface area contributed by atoms with Crippen LogP contribution in [0.15, 0.2) is 10.2 Å². The zero-order valence-corrected chi connectivity index (χ0v) is 12.9. The minimum atomic E-state index is -0.938. The fourth-order valence-corrected chi connectivity index (χ4v) is 3.69. The number of amides is 2. The molecule has 3 rings (SSSR count). The second-order valence-corrected chi connectivity index (χ2v) is 6.39. The molecular weight excluding hydrogens is 344 g/mol. The summed E-state index contributed by atoms with van der Waals surface area (Å²) in [6, 6.07) is 0. The quantitative estimate of drug-likeness (QED) is 0.710. The number of ether oxygens (including phenoxy) is 1. The van der Waals surface area contributed by atoms with Gasteiger partial charge in [-0.05, 0) is 35.2 Å². The number of nitrogens with zero attached hydrogens (tertiary/aromatic N) is 2. The van der Waals surface area contributed by atoms with E-state index in [0.29, 0.717) is 49.1 Å². The molecule has 1 spiro atoms. The lowest BCUT2D eigenvalue weighted by Crippen LogP contribution is -2.46. The number of esters is 1. The van der Waals surface area contributed by atoms with Gasteiger partial charge >= 0.3 is 12.1 Å². The molecule has 3 aliphatic heterocycles. The van der Waals surface area contributed by atoms with E-state index in [1.807, 2.05) is 0 Å². The molecule has 0 radical (unpaired) electrons. The first-order chi connectivity index (χ1) is 9.94. The molecule has 0 atom stereocenters. The number of carbonyl (C=O) groups excluding carboxylic acids is 2. The molecule has 0 aromatic heterocycles. The lowest BCUT2D eigenvalue weighted by Gasteiger charge is -2.36. The largest absolute Gasteiger partial charge is 0.465 e. The fourth-order valence-electron chi connectivity index (χ4n) is 3.24. The van der Waals surface area contributed by atoms with Gasteiger partial charge in [0.25, 0.3) is 0 Å². The van der Waals surface area contributed by atoms with Crippen LogP contribution in [0.1, 0.15) is 19.3 Å². The van der Waals surface area contributed by atoms with Crippen molar-refractivity contribution < 1.29 is 24.2 Å². The summed E-state index contributed by atoms with van der Waals surface area (Å²) in [5.41, 5.74) is 0.0975. The Morgan fingerprint density at radius 2 is 1.81 bits per heavy atom. The molecule has 21 heavy (non-hydrogen) atoms. The highest BCUT2D eigenvalue weighted by atomic mass is 79.9. The van der Waals surface area contributed by atoms with E-state index < -0.39 is 17.5 Å². The second kappa shape index (κ2) is 5.01. The summed E-state index contributed by atoms with van der Waals surface area (Å²) < 4.78 is 5.24. The molecule has 0 aromatic rings. The van der Waals surface area contributed by atoms with Gasteiger partial charge in [-0.25, -0.2) is 9.59 Å². The van der Waals surface area contributed by atoms with Crippen molar-refractivity contribution in [2.24, 2.45) is 5.41 Å². The highest BCUT2D eigenvalue weighted by molar-refractivity contribution is 9.12. The van der Waals surface area contributed by atoms with E-state index >= 15 is 0 Å². The highest BCUT2D eigenvalue weighted by Crippen LogP contribution is 2.44. The summed E-state index contributed by atoms with van der Waals surface area (Å²) in [5.74, 6) is -0.461. The third-order valence-corrected chi connectivity index (χ3v) is 5.38. The van der Waals surface area contributed by atoms with E-state index in [-0.39, 0.29) is 12.5 Å². The smallest absolute Gasteiger partial charge is 0.407 e. The lowest BCUT2D eigenvalue weighted by molar-refractivity contribution is -0.138. The van der Waals surface area contributed by atoms with Crippen molar-refractivity contribution >= 4 is 33.9 Å². The van der Waals surface area contributed by atoms with Crippen molar-refractivity contribution in [3.8, 4) is 0 Å². The van der Waals surface area contributed by atoms with E-state index in [2.05, 4.69) is 15.9 Å². The molecule has 0 aromatic carbocycles. The van der Waals surface area contributed by atoms with Gasteiger partial charge in [-0.3, -0.25) is 4.79 Å². The van der Waals surface area contributed by atoms with Crippen molar-refractivity contribution in [3.05, 3.63) is 10.2 Å². The third-order valence-electron chi connectivity index (χ3n) is 4.60. The fraction of sp³-hybridized carbons (Fsp3) is 0.615. The second-order valence-electron chi connectivity index (χ2n) is 5.59. The van der Waals surface area contributed by atoms with Crippen LogP contribution in [0.2, 0.25) is 0 Å². The molecule has 0 saturated carbocycles. The first kappa shape index (κ1) is 14.4. The molecule has 2 saturated heterocycles. The summed E-state index contributed by atoms with van der Waals surface area (Å²) in [6.07, 6.45) is 0.826. The molecule has 7 nitrogen and oxygen atoms in total. The first-order valence-corrected chi connectivity index (χ1v) is 7.59. The van der Waals surface area contributed by atoms with Crippen LogP contribution in [0, 0.1) is 5.41 Å². The number of carbonyl (C=O) groups is 3. The van der Waals surface area contributed by atoms with Crippen LogP contribution in [0.5, 0.6) is 0 Å². The number of cyclic esters (lactones) is 1. The molecule has 0 bridgehead atoms. The molecule has 0 unspecified atom stereocenters. The maximum Gasteiger partial charge on any atom is 0.407 e. The van der Waals surface area contributed by atoms with Gasteiger partial charge in [0, 0.05) is 19.6 Å². The molecule has 1 N–H and O–H groups in total. The Balaban J connectivity index is 1.76. The Bertz CT molecular complexity index is 551. The molecule has 3 aliphatic rings. The third kappa shape index (κ3) is 2.21. The Morgan fingerprint density at radius 3 is 2.33 bits per heavy atom. The summed E-state index contributed by atoms with van der Waals surface area (Å²) in [7, 11) is 0. The maximum absolute atomic E-state index is 12.7. The van der Waals surface area contributed by atoms with Crippen LogP contribution >= 0.6 is 15.9 Å². The number of hydrogen-bond acceptors (Lipinski definition) is 4. The van der Waals surface area contributed by atoms with Crippen molar-refractivity contribution in [2.75, 3.05) is 26.2 Å². The summed E-state index contributed by atoms with van der Waals surface area (Å²) >= 11 is 3.17. The predicted molar refractivity (Wildman–Crippen MR) is 74.5 cm³/mol. The molecule has 0 aliphatic carbocycles. The average molecular weight is 359 g/mol. The monoisotopic (exact) mass is 358 g/mol. The average Bonchev–Trinajstić information content (AvgIpc) is 2.94. The Kier molecular flexibility index (Phi) is 3.43. The summed E-state index contributed by atoms with van der Waals surface area (Å²) in [5, 5.41) is 8.99. The lowest BCUT2D eigenvalue weighted by atomic mass is 9.77. The van der Waals surface area contributed by atoms with Gasteiger partial charge in [-0.2, -0.15) is 0 Å². The van der Waals surface area contributed by atoms with Gasteiger partial charge in [-0.15, -0.1) is 0 Å². The van der Waals surface area contributed by atoms with E-state index in [1.54, 1.807) is 4.90 Å². The summed E-state index contributed by atoms with van der Waals surface area (Å²) in [6.45, 7) is 1.42. The van der Waals surface area contributed by atoms with Gasteiger partial charge in [-0.1, -0.05) is 0 Å². The zero-order chi connectivity index (χ0) is 15.2. The van der Waals surface area contributed by atoms with Crippen LogP contribution < -0.4 is 0 Å². The van der Waals surface area contributed by atoms with E-state index in [9.17, 15) is 14.4 Å². The number of piperidine rings is 1. The van der Waals surface area contributed by atoms with E-state index in [0.717, 1.165) is 0 Å². The van der Waals surface area contributed by atoms with E-state index in [1.165, 1.54) is 4.90 Å². The molecule has 114 valence electrons. The van der Waals surface area contributed by atoms with Crippen LogP contribution in [0.3, 0.4) is 0 Å². The van der Waals surface area contributed by atoms with Crippen LogP contribution in [-0.4, -0.2) is 59.1 Å². The highest BCUT2D eigenvalue weighted by Gasteiger charge is 2.50. The molecule has 2 amide bonds. The predicted octanol–water partition coefficient (Wildman–Crippen LogP) is 1.14. The standard InChI is InChI=1S/C13H15BrN2O5/c14-9-8(7-21-10(9)17)16-6-3-13(11(16)18)1-4-15(5-2-13)12(19)20/h1-7H2,(H,19,20). The Morgan fingerprint density at radius 1 is 1.19 bits per heavy atom. The van der Waals surface area contributed by atoms with Crippen molar-refractivity contribution in [1.82, 2.24) is 9.80 Å². The van der Waals surface area contributed by atoms with Crippen LogP contribution in [-0.2, 0) is 14.3 Å². The van der Waals surface area contributed by atoms with Crippen LogP contribution in [0.4, 0.5) is 4.79 Å². The zero-order valence-electron chi connectivity index (χ0n) is 11.3. The van der Waals surface area contributed by atoms with Gasteiger partial charge < -0.3 is 19.6 Å². The van der Waals surface area contributed by atoms with Gasteiger partial charge in [0.15, 0.2) is 0 Å². The topological polar surface area (TPSA) is 87.2 Å². The number of carboxylic acid groups (broad SMARTS) is 1. The van der Waals surface area contributed by atoms with Crippen LogP contribution in [0.25, 0.3) is 0 Å². The summed E-state index contributed by atoms with van der Waals surface area (Å²) in [4.78, 5) is 38.0. The molecular formula is C13H15BrN2O5. The Labute approximate surface area is 129 Å². The van der Waals surface area contributed by atoms with Crippen molar-refractivity contribution in [3.63, 3.8) is 0 Å². The van der Waals surface area contributed by atoms with Gasteiger partial charge in [0.1, 0.15) is 11.1 Å². The maximum atomic E-state index is 12.7. The first-order valence-electron chi connectivity index (χ1n) is 6.80. The number of halogens is 1.